The fourth-order valence-corrected chi connectivity index (χ4v) is 12.5. The Morgan fingerprint density at radius 3 is 1.93 bits per heavy atom. The van der Waals surface area contributed by atoms with E-state index >= 15 is 0 Å². The van der Waals surface area contributed by atoms with E-state index < -0.39 is 5.97 Å². The smallest absolute Gasteiger partial charge is 0.335 e. The molecule has 5 aliphatic carbocycles. The molecular weight excluding hydrogens is 693 g/mol. The Labute approximate surface area is 343 Å². The summed E-state index contributed by atoms with van der Waals surface area (Å²) in [5, 5.41) is 19.3. The van der Waals surface area contributed by atoms with Gasteiger partial charge in [0.2, 0.25) is 5.91 Å². The van der Waals surface area contributed by atoms with Gasteiger partial charge in [0, 0.05) is 19.6 Å². The van der Waals surface area contributed by atoms with Crippen LogP contribution in [0.2, 0.25) is 0 Å². The fourth-order valence-electron chi connectivity index (χ4n) is 12.5. The Balaban J connectivity index is 0.00000130. The van der Waals surface area contributed by atoms with E-state index in [2.05, 4.69) is 97.9 Å². The van der Waals surface area contributed by atoms with E-state index in [0.717, 1.165) is 32.2 Å². The maximum Gasteiger partial charge on any atom is 0.335 e. The Morgan fingerprint density at radius 1 is 0.804 bits per heavy atom. The lowest BCUT2D eigenvalue weighted by molar-refractivity contribution is -0.185. The molecule has 0 bridgehead atoms. The van der Waals surface area contributed by atoms with Crippen molar-refractivity contribution in [2.24, 2.45) is 51.2 Å². The molecule has 0 aromatic heterocycles. The molecule has 4 unspecified atom stereocenters. The molecule has 6 nitrogen and oxygen atoms in total. The minimum absolute atomic E-state index is 0.0121. The zero-order chi connectivity index (χ0) is 43.1. The predicted molar refractivity (Wildman–Crippen MR) is 237 cm³/mol. The van der Waals surface area contributed by atoms with Crippen LogP contribution in [0.5, 0.6) is 0 Å². The number of aromatic carboxylic acids is 1. The van der Waals surface area contributed by atoms with Crippen molar-refractivity contribution in [2.45, 2.75) is 113 Å². The summed E-state index contributed by atoms with van der Waals surface area (Å²) >= 11 is 0. The summed E-state index contributed by atoms with van der Waals surface area (Å²) in [5.41, 5.74) is 3.21. The van der Waals surface area contributed by atoms with E-state index in [-0.39, 0.29) is 22.9 Å². The lowest BCUT2D eigenvalue weighted by atomic mass is 9.36. The van der Waals surface area contributed by atoms with Crippen LogP contribution < -0.4 is 0 Å². The molecule has 310 valence electrons. The SMILES string of the molecule is C#C.C#C.C#C.C=CC.CC.CN(C)CCN(CCO)C(=O)[C@]12CCCC1[C@H]1CCC3[C@@](C)(CCC4C(C)(C)C(c5ccc(C(=O)O)cc5)=CC[C@@]43C)C1CC2. The number of carboxylic acids is 1. The van der Waals surface area contributed by atoms with Crippen molar-refractivity contribution < 1.29 is 19.8 Å². The minimum atomic E-state index is -0.873. The molecule has 0 heterocycles. The first kappa shape index (κ1) is 50.3. The van der Waals surface area contributed by atoms with Gasteiger partial charge >= 0.3 is 5.97 Å². The zero-order valence-electron chi connectivity index (χ0n) is 36.5. The van der Waals surface area contributed by atoms with Gasteiger partial charge in [-0.3, -0.25) is 4.79 Å². The van der Waals surface area contributed by atoms with Crippen molar-refractivity contribution in [1.82, 2.24) is 9.80 Å². The molecule has 4 saturated carbocycles. The number of carbonyl (C=O) groups excluding carboxylic acids is 1. The van der Waals surface area contributed by atoms with Crippen molar-refractivity contribution >= 4 is 17.4 Å². The van der Waals surface area contributed by atoms with Crippen molar-refractivity contribution in [3.8, 4) is 38.5 Å². The molecule has 0 spiro atoms. The maximum atomic E-state index is 14.4. The Kier molecular flexibility index (Phi) is 20.0. The van der Waals surface area contributed by atoms with Crippen LogP contribution in [0.4, 0.5) is 0 Å². The number of nitrogens with zero attached hydrogens (tertiary/aromatic N) is 2. The molecule has 6 heteroatoms. The number of benzene rings is 1. The number of aliphatic hydroxyl groups is 1. The first-order valence-corrected chi connectivity index (χ1v) is 20.9. The molecule has 1 aromatic rings. The van der Waals surface area contributed by atoms with E-state index in [0.29, 0.717) is 59.6 Å². The predicted octanol–water partition coefficient (Wildman–Crippen LogP) is 10.2. The molecule has 1 amide bonds. The average Bonchev–Trinajstić information content (AvgIpc) is 3.65. The molecule has 0 radical (unpaired) electrons. The number of carbonyl (C=O) groups is 2. The first-order chi connectivity index (χ1) is 26.7. The maximum absolute atomic E-state index is 14.4. The lowest BCUT2D eigenvalue weighted by Gasteiger charge is -2.68. The highest BCUT2D eigenvalue weighted by Crippen LogP contribution is 2.73. The number of terminal acetylenes is 3. The zero-order valence-corrected chi connectivity index (χ0v) is 36.5. The van der Waals surface area contributed by atoms with E-state index in [1.807, 2.05) is 37.8 Å². The van der Waals surface area contributed by atoms with Crippen molar-refractivity contribution in [2.75, 3.05) is 40.3 Å². The highest BCUT2D eigenvalue weighted by molar-refractivity contribution is 5.88. The van der Waals surface area contributed by atoms with Gasteiger partial charge in [0.1, 0.15) is 0 Å². The van der Waals surface area contributed by atoms with Crippen LogP contribution in [0.25, 0.3) is 5.57 Å². The minimum Gasteiger partial charge on any atom is -0.478 e. The second-order valence-corrected chi connectivity index (χ2v) is 17.4. The molecular formula is C50H76N2O4. The molecule has 0 aliphatic heterocycles. The summed E-state index contributed by atoms with van der Waals surface area (Å²) in [7, 11) is 4.11. The summed E-state index contributed by atoms with van der Waals surface area (Å²) in [6.07, 6.45) is 39.9. The third-order valence-electron chi connectivity index (χ3n) is 14.4. The topological polar surface area (TPSA) is 81.1 Å². The number of carboxylic acid groups (broad SMARTS) is 1. The Bertz CT molecular complexity index is 1490. The standard InChI is InChI=1S/C39H58N2O4.C3H6.C2H6.3C2H2/c1-36(2)29(26-9-11-27(12-10-26)34(43)44)15-19-38(4)32(36)17-20-37(3)30-16-21-39(35(45)41(24-25-42)23-22-40(5)6)18-7-8-31(39)28(30)13-14-33(37)38;1-3-2;4*1-2/h9-12,15,28,30-33,42H,7-8,13-14,16-25H2,1-6H3,(H,43,44);3H,1H2,2H3;1-2H3;3*1-2H/t28-,30?,31?,32?,33?,37-,38-,39-;;;;;/m0...../s1. The molecule has 2 N–H and O–H groups in total. The first-order valence-electron chi connectivity index (χ1n) is 20.9. The van der Waals surface area contributed by atoms with E-state index in [4.69, 9.17) is 0 Å². The number of fused-ring (bicyclic) bond motifs is 7. The van der Waals surface area contributed by atoms with Gasteiger partial charge in [0.15, 0.2) is 0 Å². The van der Waals surface area contributed by atoms with Crippen LogP contribution in [0, 0.1) is 89.8 Å². The molecule has 1 aromatic carbocycles. The van der Waals surface area contributed by atoms with Gasteiger partial charge in [-0.2, -0.15) is 0 Å². The number of hydrogen-bond acceptors (Lipinski definition) is 4. The number of hydrogen-bond donors (Lipinski definition) is 2. The monoisotopic (exact) mass is 769 g/mol. The number of rotatable bonds is 8. The van der Waals surface area contributed by atoms with Gasteiger partial charge in [-0.25, -0.2) is 4.79 Å². The number of amides is 1. The van der Waals surface area contributed by atoms with E-state index in [1.54, 1.807) is 18.2 Å². The van der Waals surface area contributed by atoms with Crippen molar-refractivity contribution in [3.05, 3.63) is 54.1 Å². The highest BCUT2D eigenvalue weighted by Gasteiger charge is 2.66. The summed E-state index contributed by atoms with van der Waals surface area (Å²) < 4.78 is 0. The van der Waals surface area contributed by atoms with Crippen LogP contribution in [0.15, 0.2) is 43.0 Å². The summed E-state index contributed by atoms with van der Waals surface area (Å²) in [5.74, 6) is 2.52. The molecule has 56 heavy (non-hydrogen) atoms. The van der Waals surface area contributed by atoms with E-state index in [9.17, 15) is 19.8 Å². The summed E-state index contributed by atoms with van der Waals surface area (Å²) in [6.45, 7) is 21.4. The van der Waals surface area contributed by atoms with Crippen LogP contribution in [0.3, 0.4) is 0 Å². The lowest BCUT2D eigenvalue weighted by Crippen LogP contribution is -2.62. The van der Waals surface area contributed by atoms with Crippen LogP contribution >= 0.6 is 0 Å². The largest absolute Gasteiger partial charge is 0.478 e. The van der Waals surface area contributed by atoms with Gasteiger partial charge in [-0.05, 0) is 148 Å². The van der Waals surface area contributed by atoms with Gasteiger partial charge in [0.25, 0.3) is 0 Å². The molecule has 0 saturated heterocycles. The normalized spacial score (nSPS) is 31.3. The molecule has 5 aliphatic rings. The number of aliphatic hydroxyl groups excluding tert-OH is 1. The third-order valence-corrected chi connectivity index (χ3v) is 14.4. The van der Waals surface area contributed by atoms with Gasteiger partial charge in [0.05, 0.1) is 17.6 Å². The second kappa shape index (κ2) is 22.3. The number of likely N-dealkylation sites (N-methyl/N-ethyl adjacent to an activating group) is 1. The Morgan fingerprint density at radius 2 is 1.39 bits per heavy atom. The van der Waals surface area contributed by atoms with Crippen molar-refractivity contribution in [3.63, 3.8) is 0 Å². The Hall–Kier alpha value is -3.76. The summed E-state index contributed by atoms with van der Waals surface area (Å²) in [4.78, 5) is 30.0. The van der Waals surface area contributed by atoms with Crippen LogP contribution in [-0.2, 0) is 4.79 Å². The quantitative estimate of drug-likeness (QED) is 0.203. The third kappa shape index (κ3) is 9.67. The average molecular weight is 769 g/mol. The summed E-state index contributed by atoms with van der Waals surface area (Å²) in [6, 6.07) is 7.53. The van der Waals surface area contributed by atoms with Gasteiger partial charge in [-0.15, -0.1) is 45.1 Å². The van der Waals surface area contributed by atoms with Gasteiger partial charge < -0.3 is 20.0 Å². The molecule has 4 fully saturated rings. The molecule has 8 atom stereocenters. The van der Waals surface area contributed by atoms with Gasteiger partial charge in [-0.1, -0.05) is 72.2 Å². The van der Waals surface area contributed by atoms with Crippen LogP contribution in [0.1, 0.15) is 129 Å². The highest BCUT2D eigenvalue weighted by atomic mass is 16.4. The fraction of sp³-hybridized carbons (Fsp3) is 0.640. The van der Waals surface area contributed by atoms with Crippen molar-refractivity contribution in [1.29, 1.82) is 0 Å². The second-order valence-electron chi connectivity index (χ2n) is 17.4. The van der Waals surface area contributed by atoms with Crippen LogP contribution in [-0.4, -0.2) is 72.2 Å². The number of allylic oxidation sites excluding steroid dienone is 3. The van der Waals surface area contributed by atoms with E-state index in [1.165, 1.54) is 49.7 Å². The molecule has 6 rings (SSSR count).